The molecule has 0 aliphatic heterocycles. The molecule has 0 spiro atoms. The van der Waals surface area contributed by atoms with Crippen molar-refractivity contribution >= 4 is 23.5 Å². The smallest absolute Gasteiger partial charge is 0.277 e. The van der Waals surface area contributed by atoms with Crippen LogP contribution in [0.15, 0.2) is 76.0 Å². The fourth-order valence-corrected chi connectivity index (χ4v) is 3.09. The third kappa shape index (κ3) is 7.00. The number of hydrazone groups is 1. The van der Waals surface area contributed by atoms with Crippen molar-refractivity contribution in [1.82, 2.24) is 5.43 Å². The zero-order valence-corrected chi connectivity index (χ0v) is 19.9. The Morgan fingerprint density at radius 1 is 1.00 bits per heavy atom. The van der Waals surface area contributed by atoms with Crippen LogP contribution < -0.4 is 10.2 Å². The van der Waals surface area contributed by atoms with Crippen molar-refractivity contribution in [3.05, 3.63) is 82.9 Å². The molecule has 1 unspecified atom stereocenters. The molecule has 1 atom stereocenters. The molecule has 0 fully saturated rings. The minimum absolute atomic E-state index is 0.0146. The number of amides is 1. The highest BCUT2D eigenvalue weighted by molar-refractivity contribution is 5.86. The van der Waals surface area contributed by atoms with Crippen LogP contribution in [0.1, 0.15) is 48.4 Å². The number of phenolic OH excluding ortho intramolecular Hbond substituents is 1. The lowest BCUT2D eigenvalue weighted by molar-refractivity contribution is -0.123. The average Bonchev–Trinajstić information content (AvgIpc) is 2.85. The number of nitrogens with zero attached hydrogens (tertiary/aromatic N) is 3. The molecule has 3 aromatic rings. The molecular formula is C27H30N4O3. The van der Waals surface area contributed by atoms with Crippen LogP contribution in [-0.4, -0.2) is 23.8 Å². The van der Waals surface area contributed by atoms with Crippen molar-refractivity contribution in [2.24, 2.45) is 15.3 Å². The van der Waals surface area contributed by atoms with Gasteiger partial charge in [0.15, 0.2) is 6.61 Å². The van der Waals surface area contributed by atoms with E-state index in [1.807, 2.05) is 56.3 Å². The molecule has 0 radical (unpaired) electrons. The number of ether oxygens (including phenoxy) is 1. The first-order chi connectivity index (χ1) is 16.4. The Morgan fingerprint density at radius 3 is 2.35 bits per heavy atom. The molecule has 2 N–H and O–H groups in total. The molecule has 3 aromatic carbocycles. The molecule has 7 nitrogen and oxygen atoms in total. The van der Waals surface area contributed by atoms with Crippen LogP contribution in [0.4, 0.5) is 11.4 Å². The maximum atomic E-state index is 12.0. The predicted octanol–water partition coefficient (Wildman–Crippen LogP) is 6.47. The van der Waals surface area contributed by atoms with Gasteiger partial charge in [0.25, 0.3) is 5.91 Å². The first-order valence-corrected chi connectivity index (χ1v) is 11.2. The maximum Gasteiger partial charge on any atom is 0.277 e. The number of carbonyl (C=O) groups excluding carboxylic acids is 1. The molecular weight excluding hydrogens is 428 g/mol. The fourth-order valence-electron chi connectivity index (χ4n) is 3.09. The zero-order valence-electron chi connectivity index (χ0n) is 19.9. The number of nitrogens with one attached hydrogen (secondary N) is 1. The topological polar surface area (TPSA) is 95.6 Å². The standard InChI is InChI=1S/C27H30N4O3/c1-5-18(2)21-7-11-25(12-8-21)34-17-27(33)31-28-16-22-15-24(10-13-26(22)32)30-29-23-9-6-19(3)20(4)14-23/h6-16,18,32H,5,17H2,1-4H3,(H,31,33). The Labute approximate surface area is 200 Å². The summed E-state index contributed by atoms with van der Waals surface area (Å²) in [6.07, 6.45) is 2.41. The molecule has 0 saturated heterocycles. The molecule has 0 aliphatic rings. The quantitative estimate of drug-likeness (QED) is 0.219. The Balaban J connectivity index is 1.54. The first-order valence-electron chi connectivity index (χ1n) is 11.2. The van der Waals surface area contributed by atoms with E-state index >= 15 is 0 Å². The highest BCUT2D eigenvalue weighted by atomic mass is 16.5. The third-order valence-corrected chi connectivity index (χ3v) is 5.61. The lowest BCUT2D eigenvalue weighted by Crippen LogP contribution is -2.24. The Hall–Kier alpha value is -4.00. The molecule has 0 heterocycles. The number of aromatic hydroxyl groups is 1. The van der Waals surface area contributed by atoms with Gasteiger partial charge >= 0.3 is 0 Å². The van der Waals surface area contributed by atoms with E-state index in [1.54, 1.807) is 12.1 Å². The molecule has 1 amide bonds. The van der Waals surface area contributed by atoms with Gasteiger partial charge in [-0.15, -0.1) is 0 Å². The van der Waals surface area contributed by atoms with Crippen LogP contribution in [0.2, 0.25) is 0 Å². The molecule has 0 bridgehead atoms. The number of azo groups is 1. The van der Waals surface area contributed by atoms with Gasteiger partial charge in [-0.3, -0.25) is 4.79 Å². The fraction of sp³-hybridized carbons (Fsp3) is 0.259. The van der Waals surface area contributed by atoms with Crippen LogP contribution in [-0.2, 0) is 4.79 Å². The van der Waals surface area contributed by atoms with Crippen molar-refractivity contribution in [3.63, 3.8) is 0 Å². The highest BCUT2D eigenvalue weighted by Gasteiger charge is 2.06. The summed E-state index contributed by atoms with van der Waals surface area (Å²) < 4.78 is 5.51. The number of benzene rings is 3. The lowest BCUT2D eigenvalue weighted by atomic mass is 9.99. The van der Waals surface area contributed by atoms with Crippen molar-refractivity contribution in [3.8, 4) is 11.5 Å². The van der Waals surface area contributed by atoms with Gasteiger partial charge in [0.1, 0.15) is 11.5 Å². The summed E-state index contributed by atoms with van der Waals surface area (Å²) in [7, 11) is 0. The summed E-state index contributed by atoms with van der Waals surface area (Å²) >= 11 is 0. The zero-order chi connectivity index (χ0) is 24.5. The minimum atomic E-state index is -0.410. The van der Waals surface area contributed by atoms with E-state index in [9.17, 15) is 9.90 Å². The highest BCUT2D eigenvalue weighted by Crippen LogP contribution is 2.25. The summed E-state index contributed by atoms with van der Waals surface area (Å²) in [5.41, 5.74) is 7.65. The largest absolute Gasteiger partial charge is 0.507 e. The van der Waals surface area contributed by atoms with Crippen LogP contribution >= 0.6 is 0 Å². The van der Waals surface area contributed by atoms with E-state index in [0.29, 0.717) is 22.9 Å². The number of phenols is 1. The van der Waals surface area contributed by atoms with Gasteiger partial charge in [0.2, 0.25) is 0 Å². The van der Waals surface area contributed by atoms with Crippen LogP contribution in [0.3, 0.4) is 0 Å². The third-order valence-electron chi connectivity index (χ3n) is 5.61. The van der Waals surface area contributed by atoms with Crippen molar-refractivity contribution in [2.75, 3.05) is 6.61 Å². The minimum Gasteiger partial charge on any atom is -0.507 e. The number of rotatable bonds is 9. The molecule has 176 valence electrons. The summed E-state index contributed by atoms with van der Waals surface area (Å²) in [5.74, 6) is 0.702. The van der Waals surface area contributed by atoms with Gasteiger partial charge < -0.3 is 9.84 Å². The van der Waals surface area contributed by atoms with Gasteiger partial charge in [-0.1, -0.05) is 32.0 Å². The second-order valence-electron chi connectivity index (χ2n) is 8.17. The summed E-state index contributed by atoms with van der Waals surface area (Å²) in [4.78, 5) is 12.0. The van der Waals surface area contributed by atoms with Crippen molar-refractivity contribution < 1.29 is 14.6 Å². The summed E-state index contributed by atoms with van der Waals surface area (Å²) in [6, 6.07) is 18.4. The van der Waals surface area contributed by atoms with E-state index in [0.717, 1.165) is 17.7 Å². The van der Waals surface area contributed by atoms with E-state index in [1.165, 1.54) is 23.4 Å². The van der Waals surface area contributed by atoms with Gasteiger partial charge in [0.05, 0.1) is 17.6 Å². The normalized spacial score (nSPS) is 12.2. The van der Waals surface area contributed by atoms with Gasteiger partial charge in [-0.05, 0) is 85.3 Å². The van der Waals surface area contributed by atoms with Gasteiger partial charge in [-0.25, -0.2) is 5.43 Å². The van der Waals surface area contributed by atoms with Crippen molar-refractivity contribution in [1.29, 1.82) is 0 Å². The second kappa shape index (κ2) is 11.7. The molecule has 0 aliphatic carbocycles. The summed E-state index contributed by atoms with van der Waals surface area (Å²) in [5, 5.41) is 22.5. The molecule has 34 heavy (non-hydrogen) atoms. The van der Waals surface area contributed by atoms with Crippen molar-refractivity contribution in [2.45, 2.75) is 40.0 Å². The van der Waals surface area contributed by atoms with E-state index < -0.39 is 5.91 Å². The Morgan fingerprint density at radius 2 is 1.68 bits per heavy atom. The summed E-state index contributed by atoms with van der Waals surface area (Å²) in [6.45, 7) is 8.20. The van der Waals surface area contributed by atoms with Crippen LogP contribution in [0.5, 0.6) is 11.5 Å². The number of hydrogen-bond acceptors (Lipinski definition) is 6. The predicted molar refractivity (Wildman–Crippen MR) is 135 cm³/mol. The van der Waals surface area contributed by atoms with Gasteiger partial charge in [0, 0.05) is 5.56 Å². The Bertz CT molecular complexity index is 1190. The second-order valence-corrected chi connectivity index (χ2v) is 8.17. The number of aryl methyl sites for hydroxylation is 2. The van der Waals surface area contributed by atoms with Crippen LogP contribution in [0.25, 0.3) is 0 Å². The lowest BCUT2D eigenvalue weighted by Gasteiger charge is -2.10. The SMILES string of the molecule is CCC(C)c1ccc(OCC(=O)NN=Cc2cc(N=Nc3ccc(C)c(C)c3)ccc2O)cc1. The van der Waals surface area contributed by atoms with E-state index in [2.05, 4.69) is 34.6 Å². The van der Waals surface area contributed by atoms with E-state index in [4.69, 9.17) is 4.74 Å². The molecule has 0 aromatic heterocycles. The van der Waals surface area contributed by atoms with Crippen LogP contribution in [0, 0.1) is 13.8 Å². The monoisotopic (exact) mass is 458 g/mol. The molecule has 0 saturated carbocycles. The molecule has 3 rings (SSSR count). The van der Waals surface area contributed by atoms with E-state index in [-0.39, 0.29) is 12.4 Å². The number of carbonyl (C=O) groups is 1. The van der Waals surface area contributed by atoms with Gasteiger partial charge in [-0.2, -0.15) is 15.3 Å². The Kier molecular flexibility index (Phi) is 8.51. The maximum absolute atomic E-state index is 12.0. The average molecular weight is 459 g/mol. The molecule has 7 heteroatoms. The number of hydrogen-bond donors (Lipinski definition) is 2. The first kappa shape index (κ1) is 24.6.